The van der Waals surface area contributed by atoms with Crippen molar-refractivity contribution >= 4 is 22.0 Å². The van der Waals surface area contributed by atoms with E-state index in [0.29, 0.717) is 0 Å². The second-order valence-corrected chi connectivity index (χ2v) is 7.85. The van der Waals surface area contributed by atoms with Crippen molar-refractivity contribution in [3.05, 3.63) is 87.4 Å². The third-order valence-electron chi connectivity index (χ3n) is 5.57. The molecule has 0 atom stereocenters. The summed E-state index contributed by atoms with van der Waals surface area (Å²) in [5.41, 5.74) is 11.7. The van der Waals surface area contributed by atoms with Gasteiger partial charge in [-0.25, -0.2) is 0 Å². The van der Waals surface area contributed by atoms with E-state index < -0.39 is 0 Å². The van der Waals surface area contributed by atoms with Crippen molar-refractivity contribution in [1.29, 1.82) is 0 Å². The molecule has 25 heavy (non-hydrogen) atoms. The molecule has 0 aliphatic heterocycles. The maximum atomic E-state index is 3.54. The average molecular weight is 387 g/mol. The number of fused-ring (bicyclic) bond motifs is 5. The van der Waals surface area contributed by atoms with E-state index in [2.05, 4.69) is 82.7 Å². The summed E-state index contributed by atoms with van der Waals surface area (Å²) in [5.74, 6) is 0. The molecule has 0 fully saturated rings. The minimum atomic E-state index is 1.13. The molecule has 3 aromatic rings. The lowest BCUT2D eigenvalue weighted by Crippen LogP contribution is -2.10. The molecule has 2 aliphatic rings. The molecule has 0 saturated heterocycles. The van der Waals surface area contributed by atoms with Crippen LogP contribution in [0.2, 0.25) is 0 Å². The second kappa shape index (κ2) is 6.00. The Hall–Kier alpha value is -2.12. The third-order valence-corrected chi connectivity index (χ3v) is 6.10. The summed E-state index contributed by atoms with van der Waals surface area (Å²) < 4.78 is 1.13. The number of hydrogen-bond donors (Lipinski definition) is 0. The normalized spacial score (nSPS) is 14.6. The van der Waals surface area contributed by atoms with Gasteiger partial charge in [0.05, 0.1) is 0 Å². The van der Waals surface area contributed by atoms with Gasteiger partial charge in [-0.05, 0) is 82.3 Å². The van der Waals surface area contributed by atoms with Gasteiger partial charge in [0.15, 0.2) is 0 Å². The molecule has 0 aromatic heterocycles. The summed E-state index contributed by atoms with van der Waals surface area (Å²) in [6.45, 7) is 0. The summed E-state index contributed by atoms with van der Waals surface area (Å²) in [6.07, 6.45) is 9.26. The number of halogens is 1. The van der Waals surface area contributed by atoms with Gasteiger partial charge in [0.25, 0.3) is 0 Å². The Morgan fingerprint density at radius 2 is 1.40 bits per heavy atom. The predicted octanol–water partition coefficient (Wildman–Crippen LogP) is 6.84. The van der Waals surface area contributed by atoms with Crippen LogP contribution in [0.15, 0.2) is 65.1 Å². The first kappa shape index (κ1) is 15.2. The van der Waals surface area contributed by atoms with Gasteiger partial charge in [-0.1, -0.05) is 70.5 Å². The van der Waals surface area contributed by atoms with E-state index in [1.807, 2.05) is 0 Å². The van der Waals surface area contributed by atoms with Crippen LogP contribution in [0.4, 0.5) is 0 Å². The Balaban J connectivity index is 1.70. The van der Waals surface area contributed by atoms with Gasteiger partial charge in [0, 0.05) is 4.47 Å². The van der Waals surface area contributed by atoms with Crippen LogP contribution in [-0.4, -0.2) is 0 Å². The minimum Gasteiger partial charge on any atom is -0.0836 e. The lowest BCUT2D eigenvalue weighted by atomic mass is 9.77. The molecule has 5 rings (SSSR count). The van der Waals surface area contributed by atoms with Crippen molar-refractivity contribution in [3.8, 4) is 22.3 Å². The Morgan fingerprint density at radius 3 is 2.28 bits per heavy atom. The number of hydrogen-bond acceptors (Lipinski definition) is 0. The fourth-order valence-electron chi connectivity index (χ4n) is 4.40. The molecule has 0 heterocycles. The zero-order valence-electron chi connectivity index (χ0n) is 14.1. The number of allylic oxidation sites excluding steroid dienone is 1. The molecule has 0 nitrogen and oxygen atoms in total. The lowest BCUT2D eigenvalue weighted by molar-refractivity contribution is 0.888. The van der Waals surface area contributed by atoms with Crippen LogP contribution in [0.25, 0.3) is 28.3 Å². The maximum Gasteiger partial charge on any atom is 0.0175 e. The molecule has 0 bridgehead atoms. The van der Waals surface area contributed by atoms with Gasteiger partial charge in [-0.2, -0.15) is 0 Å². The van der Waals surface area contributed by atoms with Crippen molar-refractivity contribution in [2.24, 2.45) is 0 Å². The quantitative estimate of drug-likeness (QED) is 0.429. The molecule has 0 amide bonds. The van der Waals surface area contributed by atoms with Crippen LogP contribution < -0.4 is 0 Å². The topological polar surface area (TPSA) is 0 Å². The first-order valence-electron chi connectivity index (χ1n) is 9.01. The first-order valence-corrected chi connectivity index (χ1v) is 9.80. The Labute approximate surface area is 157 Å². The molecule has 122 valence electrons. The van der Waals surface area contributed by atoms with Gasteiger partial charge < -0.3 is 0 Å². The van der Waals surface area contributed by atoms with Crippen LogP contribution in [0.1, 0.15) is 28.7 Å². The highest BCUT2D eigenvalue weighted by Crippen LogP contribution is 2.41. The molecule has 3 aromatic carbocycles. The van der Waals surface area contributed by atoms with E-state index in [4.69, 9.17) is 0 Å². The van der Waals surface area contributed by atoms with E-state index in [1.165, 1.54) is 46.2 Å². The van der Waals surface area contributed by atoms with E-state index >= 15 is 0 Å². The fraction of sp³-hybridized carbons (Fsp3) is 0.167. The highest BCUT2D eigenvalue weighted by atomic mass is 79.9. The van der Waals surface area contributed by atoms with Crippen LogP contribution in [-0.2, 0) is 19.3 Å². The first-order chi connectivity index (χ1) is 12.3. The van der Waals surface area contributed by atoms with Crippen LogP contribution in [0, 0.1) is 0 Å². The van der Waals surface area contributed by atoms with Crippen molar-refractivity contribution in [3.63, 3.8) is 0 Å². The molecule has 2 aliphatic carbocycles. The summed E-state index contributed by atoms with van der Waals surface area (Å²) in [7, 11) is 0. The second-order valence-electron chi connectivity index (χ2n) is 6.94. The van der Waals surface area contributed by atoms with Crippen molar-refractivity contribution in [2.45, 2.75) is 25.7 Å². The van der Waals surface area contributed by atoms with Gasteiger partial charge in [0.2, 0.25) is 0 Å². The molecule has 0 spiro atoms. The predicted molar refractivity (Wildman–Crippen MR) is 110 cm³/mol. The van der Waals surface area contributed by atoms with E-state index in [-0.39, 0.29) is 0 Å². The fourth-order valence-corrected chi connectivity index (χ4v) is 4.66. The number of rotatable bonds is 1. The Morgan fingerprint density at radius 1 is 0.640 bits per heavy atom. The summed E-state index contributed by atoms with van der Waals surface area (Å²) in [6, 6.07) is 20.1. The van der Waals surface area contributed by atoms with Gasteiger partial charge in [-0.15, -0.1) is 0 Å². The maximum absolute atomic E-state index is 3.54. The standard InChI is InChI=1S/C24H19Br/c25-18-11-8-17(9-12-18)20-6-3-7-21-22(20)14-15-23-19-5-2-1-4-16(19)10-13-24(21)23/h1,3-4,6-13H,2,5,14-15H2. The molecule has 0 unspecified atom stereocenters. The zero-order chi connectivity index (χ0) is 16.8. The van der Waals surface area contributed by atoms with Gasteiger partial charge >= 0.3 is 0 Å². The van der Waals surface area contributed by atoms with E-state index in [0.717, 1.165) is 17.3 Å². The molecule has 0 radical (unpaired) electrons. The van der Waals surface area contributed by atoms with Crippen LogP contribution in [0.3, 0.4) is 0 Å². The van der Waals surface area contributed by atoms with Crippen LogP contribution >= 0.6 is 15.9 Å². The molecule has 0 saturated carbocycles. The minimum absolute atomic E-state index is 1.13. The SMILES string of the molecule is Brc1ccc(-c2cccc3c2CCc2c-3ccc3c2CCC=C3)cc1. The average Bonchev–Trinajstić information content (AvgIpc) is 2.67. The van der Waals surface area contributed by atoms with Crippen LogP contribution in [0.5, 0.6) is 0 Å². The summed E-state index contributed by atoms with van der Waals surface area (Å²) in [5, 5.41) is 0. The molecular weight excluding hydrogens is 368 g/mol. The highest BCUT2D eigenvalue weighted by Gasteiger charge is 2.22. The zero-order valence-corrected chi connectivity index (χ0v) is 15.6. The molecule has 1 heteroatoms. The molecular formula is C24H19Br. The largest absolute Gasteiger partial charge is 0.0836 e. The van der Waals surface area contributed by atoms with Crippen molar-refractivity contribution in [2.75, 3.05) is 0 Å². The summed E-state index contributed by atoms with van der Waals surface area (Å²) >= 11 is 3.54. The highest BCUT2D eigenvalue weighted by molar-refractivity contribution is 9.10. The summed E-state index contributed by atoms with van der Waals surface area (Å²) in [4.78, 5) is 0. The Bertz CT molecular complexity index is 993. The molecule has 0 N–H and O–H groups in total. The smallest absolute Gasteiger partial charge is 0.0175 e. The van der Waals surface area contributed by atoms with Gasteiger partial charge in [0.1, 0.15) is 0 Å². The lowest BCUT2D eigenvalue weighted by Gasteiger charge is -2.27. The monoisotopic (exact) mass is 386 g/mol. The third kappa shape index (κ3) is 2.49. The van der Waals surface area contributed by atoms with E-state index in [9.17, 15) is 0 Å². The number of benzene rings is 3. The Kier molecular flexibility index (Phi) is 3.64. The van der Waals surface area contributed by atoms with Crippen molar-refractivity contribution < 1.29 is 0 Å². The van der Waals surface area contributed by atoms with E-state index in [1.54, 1.807) is 11.1 Å². The van der Waals surface area contributed by atoms with Crippen molar-refractivity contribution in [1.82, 2.24) is 0 Å². The van der Waals surface area contributed by atoms with Gasteiger partial charge in [-0.3, -0.25) is 0 Å².